The second-order valence-corrected chi connectivity index (χ2v) is 4.71. The van der Waals surface area contributed by atoms with Gasteiger partial charge in [-0.25, -0.2) is 9.97 Å². The lowest BCUT2D eigenvalue weighted by molar-refractivity contribution is 0.336. The zero-order chi connectivity index (χ0) is 12.3. The highest BCUT2D eigenvalue weighted by Gasteiger charge is 2.13. The van der Waals surface area contributed by atoms with Crippen molar-refractivity contribution in [3.8, 4) is 11.5 Å². The van der Waals surface area contributed by atoms with E-state index >= 15 is 0 Å². The quantitative estimate of drug-likeness (QED) is 0.863. The van der Waals surface area contributed by atoms with Gasteiger partial charge in [0, 0.05) is 11.7 Å². The summed E-state index contributed by atoms with van der Waals surface area (Å²) >= 11 is 0. The number of hydrogen-bond donors (Lipinski definition) is 1. The summed E-state index contributed by atoms with van der Waals surface area (Å²) in [5.41, 5.74) is 0.676. The summed E-state index contributed by atoms with van der Waals surface area (Å²) in [7, 11) is 0. The van der Waals surface area contributed by atoms with E-state index in [9.17, 15) is 0 Å². The van der Waals surface area contributed by atoms with Crippen molar-refractivity contribution in [2.24, 2.45) is 0 Å². The van der Waals surface area contributed by atoms with Crippen LogP contribution in [0.3, 0.4) is 0 Å². The third-order valence-electron chi connectivity index (χ3n) is 2.05. The van der Waals surface area contributed by atoms with Crippen LogP contribution < -0.4 is 5.32 Å². The van der Waals surface area contributed by atoms with Gasteiger partial charge in [-0.3, -0.25) is 0 Å². The molecule has 0 spiro atoms. The molecule has 0 amide bonds. The van der Waals surface area contributed by atoms with E-state index in [2.05, 4.69) is 46.2 Å². The van der Waals surface area contributed by atoms with Gasteiger partial charge in [-0.2, -0.15) is 4.98 Å². The molecule has 2 heterocycles. The molecule has 17 heavy (non-hydrogen) atoms. The van der Waals surface area contributed by atoms with Crippen LogP contribution >= 0.6 is 0 Å². The van der Waals surface area contributed by atoms with E-state index in [1.807, 2.05) is 0 Å². The molecule has 2 aromatic heterocycles. The van der Waals surface area contributed by atoms with Crippen LogP contribution in [-0.2, 0) is 6.54 Å². The summed E-state index contributed by atoms with van der Waals surface area (Å²) in [6, 6.07) is 1.74. The molecule has 0 saturated heterocycles. The molecule has 2 aromatic rings. The molecule has 0 atom stereocenters. The monoisotopic (exact) mass is 233 g/mol. The largest absolute Gasteiger partial charge is 0.337 e. The Labute approximate surface area is 99.5 Å². The number of nitrogens with one attached hydrogen (secondary N) is 1. The van der Waals surface area contributed by atoms with Crippen molar-refractivity contribution in [3.05, 3.63) is 24.5 Å². The third-order valence-corrected chi connectivity index (χ3v) is 2.05. The fourth-order valence-corrected chi connectivity index (χ4v) is 1.19. The minimum atomic E-state index is 0.0174. The number of rotatable bonds is 3. The average Bonchev–Trinajstić information content (AvgIpc) is 2.75. The molecule has 0 unspecified atom stereocenters. The second kappa shape index (κ2) is 4.58. The van der Waals surface area contributed by atoms with Crippen LogP contribution in [0.4, 0.5) is 0 Å². The van der Waals surface area contributed by atoms with Crippen LogP contribution in [0, 0.1) is 0 Å². The van der Waals surface area contributed by atoms with Gasteiger partial charge in [-0.1, -0.05) is 5.16 Å². The van der Waals surface area contributed by atoms with Crippen molar-refractivity contribution in [2.75, 3.05) is 0 Å². The fraction of sp³-hybridized carbons (Fsp3) is 0.455. The Morgan fingerprint density at radius 2 is 2.18 bits per heavy atom. The molecule has 6 nitrogen and oxygen atoms in total. The van der Waals surface area contributed by atoms with E-state index in [0.29, 0.717) is 24.0 Å². The van der Waals surface area contributed by atoms with E-state index in [1.165, 1.54) is 6.33 Å². The highest BCUT2D eigenvalue weighted by atomic mass is 16.5. The van der Waals surface area contributed by atoms with E-state index in [4.69, 9.17) is 4.52 Å². The van der Waals surface area contributed by atoms with Crippen molar-refractivity contribution in [2.45, 2.75) is 32.9 Å². The lowest BCUT2D eigenvalue weighted by Gasteiger charge is -2.18. The Bertz CT molecular complexity index is 474. The molecular weight excluding hydrogens is 218 g/mol. The predicted octanol–water partition coefficient (Wildman–Crippen LogP) is 1.41. The maximum atomic E-state index is 5.13. The summed E-state index contributed by atoms with van der Waals surface area (Å²) in [5, 5.41) is 7.14. The summed E-state index contributed by atoms with van der Waals surface area (Å²) in [6.45, 7) is 6.78. The van der Waals surface area contributed by atoms with Crippen LogP contribution in [0.1, 0.15) is 26.7 Å². The van der Waals surface area contributed by atoms with Crippen molar-refractivity contribution in [1.82, 2.24) is 25.4 Å². The molecule has 1 N–H and O–H groups in total. The van der Waals surface area contributed by atoms with E-state index in [-0.39, 0.29) is 5.54 Å². The van der Waals surface area contributed by atoms with Gasteiger partial charge < -0.3 is 9.84 Å². The predicted molar refractivity (Wildman–Crippen MR) is 61.9 cm³/mol. The zero-order valence-corrected chi connectivity index (χ0v) is 10.1. The molecule has 0 radical (unpaired) electrons. The molecule has 2 rings (SSSR count). The first-order chi connectivity index (χ1) is 8.04. The lowest BCUT2D eigenvalue weighted by atomic mass is 10.1. The number of aromatic nitrogens is 4. The maximum absolute atomic E-state index is 5.13. The summed E-state index contributed by atoms with van der Waals surface area (Å²) < 4.78 is 5.13. The SMILES string of the molecule is CC(C)(C)NCc1nc(-c2ccncn2)no1. The molecule has 0 aliphatic carbocycles. The smallest absolute Gasteiger partial charge is 0.240 e. The first kappa shape index (κ1) is 11.7. The minimum Gasteiger partial charge on any atom is -0.337 e. The Morgan fingerprint density at radius 3 is 2.82 bits per heavy atom. The van der Waals surface area contributed by atoms with Crippen LogP contribution in [0.15, 0.2) is 23.1 Å². The Balaban J connectivity index is 2.07. The normalized spacial score (nSPS) is 11.7. The van der Waals surface area contributed by atoms with Crippen molar-refractivity contribution < 1.29 is 4.52 Å². The van der Waals surface area contributed by atoms with E-state index in [0.717, 1.165) is 0 Å². The molecule has 0 aromatic carbocycles. The molecule has 0 saturated carbocycles. The van der Waals surface area contributed by atoms with Gasteiger partial charge in [0.05, 0.1) is 6.54 Å². The standard InChI is InChI=1S/C11H15N5O/c1-11(2,3)14-6-9-15-10(16-17-9)8-4-5-12-7-13-8/h4-5,7,14H,6H2,1-3H3. The molecule has 90 valence electrons. The zero-order valence-electron chi connectivity index (χ0n) is 10.1. The van der Waals surface area contributed by atoms with Crippen LogP contribution in [0.5, 0.6) is 0 Å². The Morgan fingerprint density at radius 1 is 1.35 bits per heavy atom. The van der Waals surface area contributed by atoms with Gasteiger partial charge in [0.15, 0.2) is 0 Å². The van der Waals surface area contributed by atoms with Gasteiger partial charge in [0.2, 0.25) is 11.7 Å². The highest BCUT2D eigenvalue weighted by Crippen LogP contribution is 2.11. The number of hydrogen-bond acceptors (Lipinski definition) is 6. The topological polar surface area (TPSA) is 76.7 Å². The molecular formula is C11H15N5O. The van der Waals surface area contributed by atoms with Gasteiger partial charge in [-0.05, 0) is 26.8 Å². The molecule has 0 aliphatic heterocycles. The number of nitrogens with zero attached hydrogens (tertiary/aromatic N) is 4. The highest BCUT2D eigenvalue weighted by molar-refractivity contribution is 5.46. The van der Waals surface area contributed by atoms with Gasteiger partial charge >= 0.3 is 0 Å². The third kappa shape index (κ3) is 3.32. The molecule has 0 fully saturated rings. The average molecular weight is 233 g/mol. The van der Waals surface area contributed by atoms with Crippen molar-refractivity contribution >= 4 is 0 Å². The Hall–Kier alpha value is -1.82. The molecule has 6 heteroatoms. The fourth-order valence-electron chi connectivity index (χ4n) is 1.19. The molecule has 0 aliphatic rings. The van der Waals surface area contributed by atoms with Gasteiger partial charge in [-0.15, -0.1) is 0 Å². The maximum Gasteiger partial charge on any atom is 0.240 e. The first-order valence-electron chi connectivity index (χ1n) is 5.38. The van der Waals surface area contributed by atoms with Crippen LogP contribution in [-0.4, -0.2) is 25.6 Å². The summed E-state index contributed by atoms with van der Waals surface area (Å²) in [4.78, 5) is 12.1. The Kier molecular flexibility index (Phi) is 3.14. The lowest BCUT2D eigenvalue weighted by Crippen LogP contribution is -2.35. The minimum absolute atomic E-state index is 0.0174. The molecule has 0 bridgehead atoms. The van der Waals surface area contributed by atoms with E-state index < -0.39 is 0 Å². The summed E-state index contributed by atoms with van der Waals surface area (Å²) in [6.07, 6.45) is 3.10. The second-order valence-electron chi connectivity index (χ2n) is 4.71. The van der Waals surface area contributed by atoms with Crippen LogP contribution in [0.2, 0.25) is 0 Å². The first-order valence-corrected chi connectivity index (χ1v) is 5.38. The van der Waals surface area contributed by atoms with Crippen molar-refractivity contribution in [1.29, 1.82) is 0 Å². The van der Waals surface area contributed by atoms with Crippen LogP contribution in [0.25, 0.3) is 11.5 Å². The van der Waals surface area contributed by atoms with Crippen molar-refractivity contribution in [3.63, 3.8) is 0 Å². The van der Waals surface area contributed by atoms with E-state index in [1.54, 1.807) is 12.3 Å². The summed E-state index contributed by atoms with van der Waals surface area (Å²) in [5.74, 6) is 1.03. The van der Waals surface area contributed by atoms with Gasteiger partial charge in [0.25, 0.3) is 0 Å². The van der Waals surface area contributed by atoms with Gasteiger partial charge in [0.1, 0.15) is 12.0 Å².